The Balaban J connectivity index is 2.30. The van der Waals surface area contributed by atoms with Crippen LogP contribution < -0.4 is 10.0 Å². The number of benzene rings is 2. The molecule has 0 aliphatic rings. The fourth-order valence-electron chi connectivity index (χ4n) is 2.17. The molecule has 7 nitrogen and oxygen atoms in total. The van der Waals surface area contributed by atoms with Gasteiger partial charge in [0.15, 0.2) is 0 Å². The van der Waals surface area contributed by atoms with E-state index >= 15 is 0 Å². The highest BCUT2D eigenvalue weighted by Gasteiger charge is 2.35. The molecule has 0 bridgehead atoms. The maximum Gasteiger partial charge on any atom is 0.418 e. The molecule has 26 heavy (non-hydrogen) atoms. The van der Waals surface area contributed by atoms with E-state index in [1.807, 2.05) is 0 Å². The highest BCUT2D eigenvalue weighted by molar-refractivity contribution is 7.89. The minimum Gasteiger partial charge on any atom is -0.380 e. The first-order chi connectivity index (χ1) is 12.0. The van der Waals surface area contributed by atoms with Gasteiger partial charge in [0, 0.05) is 24.4 Å². The Morgan fingerprint density at radius 1 is 1.15 bits per heavy atom. The second-order valence-electron chi connectivity index (χ2n) is 5.19. The molecule has 0 aromatic heterocycles. The first-order valence-electron chi connectivity index (χ1n) is 7.16. The summed E-state index contributed by atoms with van der Waals surface area (Å²) in [5.41, 5.74) is -1.77. The highest BCUT2D eigenvalue weighted by atomic mass is 32.2. The molecule has 0 spiro atoms. The van der Waals surface area contributed by atoms with E-state index in [-0.39, 0.29) is 17.1 Å². The quantitative estimate of drug-likeness (QED) is 0.584. The Kier molecular flexibility index (Phi) is 5.52. The lowest BCUT2D eigenvalue weighted by molar-refractivity contribution is -0.385. The molecule has 0 amide bonds. The normalized spacial score (nSPS) is 12.0. The monoisotopic (exact) mass is 389 g/mol. The van der Waals surface area contributed by atoms with Crippen molar-refractivity contribution >= 4 is 21.4 Å². The number of nitrogens with zero attached hydrogens (tertiary/aromatic N) is 1. The number of alkyl halides is 3. The van der Waals surface area contributed by atoms with Gasteiger partial charge >= 0.3 is 6.18 Å². The van der Waals surface area contributed by atoms with E-state index in [4.69, 9.17) is 0 Å². The van der Waals surface area contributed by atoms with Crippen LogP contribution in [-0.2, 0) is 22.7 Å². The van der Waals surface area contributed by atoms with Crippen molar-refractivity contribution in [1.29, 1.82) is 0 Å². The van der Waals surface area contributed by atoms with E-state index < -0.39 is 32.4 Å². The molecule has 0 heterocycles. The predicted octanol–water partition coefficient (Wildman–Crippen LogP) is 3.13. The summed E-state index contributed by atoms with van der Waals surface area (Å²) in [4.78, 5) is 9.75. The van der Waals surface area contributed by atoms with Crippen molar-refractivity contribution in [3.63, 3.8) is 0 Å². The van der Waals surface area contributed by atoms with Gasteiger partial charge in [0.1, 0.15) is 0 Å². The number of rotatable bonds is 6. The van der Waals surface area contributed by atoms with E-state index in [1.165, 1.54) is 25.2 Å². The summed E-state index contributed by atoms with van der Waals surface area (Å²) in [5, 5.41) is 13.2. The van der Waals surface area contributed by atoms with Gasteiger partial charge in [0.25, 0.3) is 5.69 Å². The summed E-state index contributed by atoms with van der Waals surface area (Å²) in [5.74, 6) is 0. The van der Waals surface area contributed by atoms with Gasteiger partial charge in [-0.15, -0.1) is 0 Å². The summed E-state index contributed by atoms with van der Waals surface area (Å²) in [6, 6.07) is 8.04. The third-order valence-corrected chi connectivity index (χ3v) is 4.89. The Bertz CT molecular complexity index is 930. The van der Waals surface area contributed by atoms with Gasteiger partial charge in [0.05, 0.1) is 15.4 Å². The van der Waals surface area contributed by atoms with Crippen LogP contribution in [0.2, 0.25) is 0 Å². The van der Waals surface area contributed by atoms with Crippen molar-refractivity contribution in [2.24, 2.45) is 0 Å². The van der Waals surface area contributed by atoms with Crippen molar-refractivity contribution < 1.29 is 26.5 Å². The lowest BCUT2D eigenvalue weighted by Crippen LogP contribution is -2.18. The first kappa shape index (κ1) is 19.7. The molecule has 11 heteroatoms. The van der Waals surface area contributed by atoms with Gasteiger partial charge in [-0.25, -0.2) is 13.1 Å². The van der Waals surface area contributed by atoms with Crippen LogP contribution >= 0.6 is 0 Å². The van der Waals surface area contributed by atoms with Crippen molar-refractivity contribution in [3.05, 3.63) is 63.7 Å². The molecule has 0 fully saturated rings. The number of hydrogen-bond donors (Lipinski definition) is 2. The third kappa shape index (κ3) is 4.49. The number of anilines is 1. The number of non-ortho nitro benzene ring substituents is 1. The largest absolute Gasteiger partial charge is 0.418 e. The van der Waals surface area contributed by atoms with Gasteiger partial charge in [-0.3, -0.25) is 10.1 Å². The number of hydrogen-bond acceptors (Lipinski definition) is 5. The van der Waals surface area contributed by atoms with Crippen LogP contribution in [0.3, 0.4) is 0 Å². The van der Waals surface area contributed by atoms with Crippen LogP contribution in [0.1, 0.15) is 11.1 Å². The van der Waals surface area contributed by atoms with Gasteiger partial charge < -0.3 is 5.32 Å². The Morgan fingerprint density at radius 2 is 1.85 bits per heavy atom. The van der Waals surface area contributed by atoms with E-state index in [0.29, 0.717) is 11.6 Å². The average molecular weight is 389 g/mol. The average Bonchev–Trinajstić information content (AvgIpc) is 2.59. The standard InChI is InChI=1S/C15H14F3N3O4S/c1-19-26(24,25)12-4-2-3-10(7-12)9-20-14-6-5-11(21(22)23)8-13(14)15(16,17)18/h2-8,19-20H,9H2,1H3. The molecular weight excluding hydrogens is 375 g/mol. The third-order valence-electron chi connectivity index (χ3n) is 3.48. The van der Waals surface area contributed by atoms with Crippen molar-refractivity contribution in [2.75, 3.05) is 12.4 Å². The van der Waals surface area contributed by atoms with Crippen LogP contribution in [0.25, 0.3) is 0 Å². The first-order valence-corrected chi connectivity index (χ1v) is 8.65. The van der Waals surface area contributed by atoms with Crippen LogP contribution in [-0.4, -0.2) is 20.4 Å². The SMILES string of the molecule is CNS(=O)(=O)c1cccc(CNc2ccc([N+](=O)[O-])cc2C(F)(F)F)c1. The number of sulfonamides is 1. The summed E-state index contributed by atoms with van der Waals surface area (Å²) in [7, 11) is -2.44. The van der Waals surface area contributed by atoms with E-state index in [9.17, 15) is 31.7 Å². The molecule has 2 aromatic rings. The van der Waals surface area contributed by atoms with Gasteiger partial charge in [0.2, 0.25) is 10.0 Å². The van der Waals surface area contributed by atoms with Crippen molar-refractivity contribution in [3.8, 4) is 0 Å². The minimum absolute atomic E-state index is 0.0287. The minimum atomic E-state index is -4.79. The summed E-state index contributed by atoms with van der Waals surface area (Å²) in [6.45, 7) is -0.103. The van der Waals surface area contributed by atoms with Gasteiger partial charge in [-0.2, -0.15) is 13.2 Å². The van der Waals surface area contributed by atoms with E-state index in [2.05, 4.69) is 10.0 Å². The lowest BCUT2D eigenvalue weighted by Gasteiger charge is -2.15. The molecule has 0 aliphatic heterocycles. The molecule has 0 aliphatic carbocycles. The smallest absolute Gasteiger partial charge is 0.380 e. The maximum absolute atomic E-state index is 13.1. The second-order valence-corrected chi connectivity index (χ2v) is 7.08. The fourth-order valence-corrected chi connectivity index (χ4v) is 2.97. The van der Waals surface area contributed by atoms with Crippen LogP contribution in [0.4, 0.5) is 24.5 Å². The molecule has 0 atom stereocenters. The van der Waals surface area contributed by atoms with Crippen LogP contribution in [0, 0.1) is 10.1 Å². The Labute approximate surface area is 147 Å². The lowest BCUT2D eigenvalue weighted by atomic mass is 10.1. The zero-order chi connectivity index (χ0) is 19.5. The molecule has 0 saturated heterocycles. The van der Waals surface area contributed by atoms with Gasteiger partial charge in [-0.05, 0) is 30.8 Å². The Hall–Kier alpha value is -2.66. The summed E-state index contributed by atoms with van der Waals surface area (Å²) >= 11 is 0. The summed E-state index contributed by atoms with van der Waals surface area (Å²) in [6.07, 6.45) is -4.79. The predicted molar refractivity (Wildman–Crippen MR) is 88.1 cm³/mol. The number of halogens is 3. The van der Waals surface area contributed by atoms with Crippen molar-refractivity contribution in [1.82, 2.24) is 4.72 Å². The van der Waals surface area contributed by atoms with Crippen LogP contribution in [0.5, 0.6) is 0 Å². The maximum atomic E-state index is 13.1. The topological polar surface area (TPSA) is 101 Å². The molecule has 2 rings (SSSR count). The molecule has 140 valence electrons. The van der Waals surface area contributed by atoms with Crippen molar-refractivity contribution in [2.45, 2.75) is 17.6 Å². The second kappa shape index (κ2) is 7.30. The zero-order valence-electron chi connectivity index (χ0n) is 13.4. The summed E-state index contributed by atoms with van der Waals surface area (Å²) < 4.78 is 65.1. The van der Waals surface area contributed by atoms with E-state index in [0.717, 1.165) is 12.1 Å². The number of nitrogens with one attached hydrogen (secondary N) is 2. The van der Waals surface area contributed by atoms with E-state index in [1.54, 1.807) is 6.07 Å². The number of nitro groups is 1. The molecular formula is C15H14F3N3O4S. The Morgan fingerprint density at radius 3 is 2.42 bits per heavy atom. The van der Waals surface area contributed by atoms with Crippen LogP contribution in [0.15, 0.2) is 47.4 Å². The molecule has 0 unspecified atom stereocenters. The molecule has 0 saturated carbocycles. The molecule has 0 radical (unpaired) electrons. The molecule has 2 aromatic carbocycles. The fraction of sp³-hybridized carbons (Fsp3) is 0.200. The highest BCUT2D eigenvalue weighted by Crippen LogP contribution is 2.37. The number of nitro benzene ring substituents is 1. The van der Waals surface area contributed by atoms with Gasteiger partial charge in [-0.1, -0.05) is 12.1 Å². The molecule has 2 N–H and O–H groups in total. The zero-order valence-corrected chi connectivity index (χ0v) is 14.2.